The first-order chi connectivity index (χ1) is 6.61. The number of halogens is 1. The molecular weight excluding hydrogens is 216 g/mol. The summed E-state index contributed by atoms with van der Waals surface area (Å²) < 4.78 is 0. The molecule has 0 aromatic heterocycles. The molecule has 0 aromatic rings. The molecule has 0 atom stereocenters. The lowest BCUT2D eigenvalue weighted by atomic mass is 10.2. The Bertz CT molecular complexity index is 208. The molecule has 0 unspecified atom stereocenters. The SMILES string of the molecule is CCCCCN(C)CC(=NO)C(C)=O.Cl. The predicted octanol–water partition coefficient (Wildman–Crippen LogP) is 1.95. The van der Waals surface area contributed by atoms with Gasteiger partial charge in [0.05, 0.1) is 0 Å². The minimum absolute atomic E-state index is 0. The van der Waals surface area contributed by atoms with Gasteiger partial charge in [0, 0.05) is 13.5 Å². The molecule has 0 fully saturated rings. The van der Waals surface area contributed by atoms with Crippen LogP contribution >= 0.6 is 12.4 Å². The minimum atomic E-state index is -0.171. The van der Waals surface area contributed by atoms with Crippen molar-refractivity contribution >= 4 is 23.9 Å². The largest absolute Gasteiger partial charge is 0.411 e. The second-order valence-corrected chi connectivity index (χ2v) is 3.55. The van der Waals surface area contributed by atoms with Gasteiger partial charge >= 0.3 is 0 Å². The fourth-order valence-corrected chi connectivity index (χ4v) is 1.18. The Balaban J connectivity index is 0. The summed E-state index contributed by atoms with van der Waals surface area (Å²) in [6, 6.07) is 0. The van der Waals surface area contributed by atoms with Gasteiger partial charge in [0.1, 0.15) is 5.71 Å². The number of ketones is 1. The lowest BCUT2D eigenvalue weighted by Crippen LogP contribution is -2.30. The van der Waals surface area contributed by atoms with Gasteiger partial charge in [-0.25, -0.2) is 0 Å². The van der Waals surface area contributed by atoms with Crippen LogP contribution in [0.2, 0.25) is 0 Å². The average molecular weight is 237 g/mol. The molecule has 0 aliphatic heterocycles. The molecule has 0 saturated carbocycles. The Kier molecular flexibility index (Phi) is 11.1. The summed E-state index contributed by atoms with van der Waals surface area (Å²) in [6.45, 7) is 4.92. The van der Waals surface area contributed by atoms with E-state index in [0.29, 0.717) is 6.54 Å². The summed E-state index contributed by atoms with van der Waals surface area (Å²) in [4.78, 5) is 12.9. The van der Waals surface area contributed by atoms with Crippen LogP contribution in [-0.4, -0.2) is 41.7 Å². The quantitative estimate of drug-likeness (QED) is 0.318. The van der Waals surface area contributed by atoms with Crippen molar-refractivity contribution in [2.75, 3.05) is 20.1 Å². The maximum atomic E-state index is 10.9. The number of oxime groups is 1. The van der Waals surface area contributed by atoms with Crippen molar-refractivity contribution in [3.05, 3.63) is 0 Å². The van der Waals surface area contributed by atoms with Gasteiger partial charge in [-0.2, -0.15) is 0 Å². The topological polar surface area (TPSA) is 52.9 Å². The van der Waals surface area contributed by atoms with E-state index in [1.807, 2.05) is 11.9 Å². The highest BCUT2D eigenvalue weighted by Crippen LogP contribution is 1.96. The number of nitrogens with zero attached hydrogens (tertiary/aromatic N) is 2. The molecule has 0 rings (SSSR count). The maximum absolute atomic E-state index is 10.9. The Labute approximate surface area is 97.7 Å². The van der Waals surface area contributed by atoms with Gasteiger partial charge in [-0.3, -0.25) is 4.79 Å². The van der Waals surface area contributed by atoms with Crippen LogP contribution in [0.25, 0.3) is 0 Å². The van der Waals surface area contributed by atoms with Gasteiger partial charge in [-0.1, -0.05) is 24.9 Å². The van der Waals surface area contributed by atoms with Gasteiger partial charge in [0.2, 0.25) is 0 Å². The highest BCUT2D eigenvalue weighted by atomic mass is 35.5. The fraction of sp³-hybridized carbons (Fsp3) is 0.800. The van der Waals surface area contributed by atoms with E-state index in [4.69, 9.17) is 5.21 Å². The second kappa shape index (κ2) is 9.93. The maximum Gasteiger partial charge on any atom is 0.178 e. The molecule has 0 saturated heterocycles. The first-order valence-corrected chi connectivity index (χ1v) is 5.02. The van der Waals surface area contributed by atoms with Gasteiger partial charge in [-0.05, 0) is 20.0 Å². The van der Waals surface area contributed by atoms with Crippen molar-refractivity contribution in [3.8, 4) is 0 Å². The lowest BCUT2D eigenvalue weighted by Gasteiger charge is -2.15. The zero-order valence-corrected chi connectivity index (χ0v) is 10.5. The Hall–Kier alpha value is -0.610. The molecule has 0 aliphatic rings. The van der Waals surface area contributed by atoms with Gasteiger partial charge < -0.3 is 10.1 Å². The number of carbonyl (C=O) groups excluding carboxylic acids is 1. The molecule has 15 heavy (non-hydrogen) atoms. The third-order valence-corrected chi connectivity index (χ3v) is 2.09. The lowest BCUT2D eigenvalue weighted by molar-refractivity contribution is -0.111. The standard InChI is InChI=1S/C10H20N2O2.ClH/c1-4-5-6-7-12(3)8-10(11-14)9(2)13;/h14H,4-8H2,1-3H3;1H. The van der Waals surface area contributed by atoms with E-state index in [1.165, 1.54) is 19.8 Å². The summed E-state index contributed by atoms with van der Waals surface area (Å²) in [6.07, 6.45) is 3.49. The first-order valence-electron chi connectivity index (χ1n) is 5.02. The smallest absolute Gasteiger partial charge is 0.178 e. The first kappa shape index (κ1) is 16.8. The molecule has 0 aliphatic carbocycles. The predicted molar refractivity (Wildman–Crippen MR) is 64.2 cm³/mol. The van der Waals surface area contributed by atoms with Crippen molar-refractivity contribution < 1.29 is 10.0 Å². The molecule has 90 valence electrons. The van der Waals surface area contributed by atoms with E-state index in [0.717, 1.165) is 13.0 Å². The van der Waals surface area contributed by atoms with Crippen molar-refractivity contribution in [2.45, 2.75) is 33.1 Å². The van der Waals surface area contributed by atoms with E-state index < -0.39 is 0 Å². The van der Waals surface area contributed by atoms with E-state index in [9.17, 15) is 4.79 Å². The van der Waals surface area contributed by atoms with Crippen LogP contribution < -0.4 is 0 Å². The normalized spacial score (nSPS) is 11.3. The molecule has 0 amide bonds. The Morgan fingerprint density at radius 1 is 1.40 bits per heavy atom. The minimum Gasteiger partial charge on any atom is -0.411 e. The molecule has 0 spiro atoms. The average Bonchev–Trinajstić information content (AvgIpc) is 2.14. The molecular formula is C10H21ClN2O2. The molecule has 1 N–H and O–H groups in total. The van der Waals surface area contributed by atoms with Gasteiger partial charge in [-0.15, -0.1) is 12.4 Å². The van der Waals surface area contributed by atoms with Crippen LogP contribution in [0.1, 0.15) is 33.1 Å². The van der Waals surface area contributed by atoms with Crippen LogP contribution in [0, 0.1) is 0 Å². The van der Waals surface area contributed by atoms with Crippen LogP contribution in [0.5, 0.6) is 0 Å². The number of rotatable bonds is 7. The summed E-state index contributed by atoms with van der Waals surface area (Å²) in [5, 5.41) is 11.5. The Morgan fingerprint density at radius 3 is 2.40 bits per heavy atom. The van der Waals surface area contributed by atoms with Gasteiger partial charge in [0.25, 0.3) is 0 Å². The molecule has 0 radical (unpaired) electrons. The van der Waals surface area contributed by atoms with Gasteiger partial charge in [0.15, 0.2) is 5.78 Å². The summed E-state index contributed by atoms with van der Waals surface area (Å²) in [7, 11) is 1.92. The van der Waals surface area contributed by atoms with E-state index in [-0.39, 0.29) is 23.9 Å². The number of hydrogen-bond acceptors (Lipinski definition) is 4. The molecule has 5 heteroatoms. The molecule has 0 heterocycles. The van der Waals surface area contributed by atoms with Crippen LogP contribution in [0.15, 0.2) is 5.16 Å². The third kappa shape index (κ3) is 8.39. The molecule has 4 nitrogen and oxygen atoms in total. The van der Waals surface area contributed by atoms with Crippen LogP contribution in [0.3, 0.4) is 0 Å². The van der Waals surface area contributed by atoms with Crippen LogP contribution in [-0.2, 0) is 4.79 Å². The zero-order chi connectivity index (χ0) is 11.0. The van der Waals surface area contributed by atoms with Crippen molar-refractivity contribution in [2.24, 2.45) is 5.16 Å². The van der Waals surface area contributed by atoms with E-state index >= 15 is 0 Å². The fourth-order valence-electron chi connectivity index (χ4n) is 1.18. The van der Waals surface area contributed by atoms with Crippen LogP contribution in [0.4, 0.5) is 0 Å². The van der Waals surface area contributed by atoms with Crippen molar-refractivity contribution in [1.29, 1.82) is 0 Å². The highest BCUT2D eigenvalue weighted by Gasteiger charge is 2.09. The highest BCUT2D eigenvalue weighted by molar-refractivity contribution is 6.39. The summed E-state index contributed by atoms with van der Waals surface area (Å²) >= 11 is 0. The summed E-state index contributed by atoms with van der Waals surface area (Å²) in [5.74, 6) is -0.171. The molecule has 0 bridgehead atoms. The molecule has 0 aromatic carbocycles. The number of hydrogen-bond donors (Lipinski definition) is 1. The number of Topliss-reactive ketones (excluding diaryl/α,β-unsaturated/α-hetero) is 1. The summed E-state index contributed by atoms with van der Waals surface area (Å²) in [5.41, 5.74) is 0.226. The van der Waals surface area contributed by atoms with Crippen molar-refractivity contribution in [1.82, 2.24) is 4.90 Å². The Morgan fingerprint density at radius 2 is 2.00 bits per heavy atom. The van der Waals surface area contributed by atoms with E-state index in [1.54, 1.807) is 0 Å². The third-order valence-electron chi connectivity index (χ3n) is 2.09. The number of unbranched alkanes of at least 4 members (excludes halogenated alkanes) is 2. The zero-order valence-electron chi connectivity index (χ0n) is 9.69. The van der Waals surface area contributed by atoms with E-state index in [2.05, 4.69) is 12.1 Å². The second-order valence-electron chi connectivity index (χ2n) is 3.55. The monoisotopic (exact) mass is 236 g/mol. The van der Waals surface area contributed by atoms with Crippen molar-refractivity contribution in [3.63, 3.8) is 0 Å². The number of carbonyl (C=O) groups is 1.